The summed E-state index contributed by atoms with van der Waals surface area (Å²) in [6, 6.07) is 15.4. The van der Waals surface area contributed by atoms with Crippen molar-refractivity contribution >= 4 is 29.1 Å². The van der Waals surface area contributed by atoms with E-state index in [2.05, 4.69) is 5.32 Å². The van der Waals surface area contributed by atoms with Crippen molar-refractivity contribution in [3.8, 4) is 0 Å². The van der Waals surface area contributed by atoms with Gasteiger partial charge in [-0.3, -0.25) is 14.4 Å². The molecule has 0 aliphatic carbocycles. The first-order valence-corrected chi connectivity index (χ1v) is 10.0. The minimum absolute atomic E-state index is 0.00748. The van der Waals surface area contributed by atoms with Crippen LogP contribution < -0.4 is 10.2 Å². The van der Waals surface area contributed by atoms with Crippen molar-refractivity contribution in [2.45, 2.75) is 32.7 Å². The van der Waals surface area contributed by atoms with E-state index in [1.807, 2.05) is 55.5 Å². The van der Waals surface area contributed by atoms with Crippen molar-refractivity contribution in [2.24, 2.45) is 5.92 Å². The van der Waals surface area contributed by atoms with Crippen LogP contribution in [0.1, 0.15) is 30.4 Å². The van der Waals surface area contributed by atoms with Crippen LogP contribution in [0.3, 0.4) is 0 Å². The molecule has 6 nitrogen and oxygen atoms in total. The molecular weight excluding hydrogens is 366 g/mol. The van der Waals surface area contributed by atoms with Crippen LogP contribution in [0.2, 0.25) is 0 Å². The fourth-order valence-electron chi connectivity index (χ4n) is 4.09. The van der Waals surface area contributed by atoms with Crippen molar-refractivity contribution in [1.29, 1.82) is 0 Å². The minimum Gasteiger partial charge on any atom is -0.338 e. The van der Waals surface area contributed by atoms with E-state index in [-0.39, 0.29) is 30.1 Å². The molecular formula is C23H25N3O3. The van der Waals surface area contributed by atoms with E-state index < -0.39 is 0 Å². The lowest BCUT2D eigenvalue weighted by Crippen LogP contribution is -2.28. The molecule has 2 saturated heterocycles. The van der Waals surface area contributed by atoms with Crippen LogP contribution >= 0.6 is 0 Å². The Morgan fingerprint density at radius 3 is 2.59 bits per heavy atom. The third-order valence-corrected chi connectivity index (χ3v) is 5.63. The molecule has 0 radical (unpaired) electrons. The second kappa shape index (κ2) is 8.07. The quantitative estimate of drug-likeness (QED) is 0.851. The molecule has 2 aliphatic heterocycles. The van der Waals surface area contributed by atoms with Gasteiger partial charge in [-0.15, -0.1) is 0 Å². The molecule has 0 bridgehead atoms. The highest BCUT2D eigenvalue weighted by molar-refractivity contribution is 5.99. The van der Waals surface area contributed by atoms with Crippen LogP contribution in [0.15, 0.2) is 48.5 Å². The molecule has 0 aromatic heterocycles. The summed E-state index contributed by atoms with van der Waals surface area (Å²) in [6.45, 7) is 3.64. The normalized spacial score (nSPS) is 19.1. The largest absolute Gasteiger partial charge is 0.338 e. The first kappa shape index (κ1) is 19.2. The van der Waals surface area contributed by atoms with Crippen LogP contribution in [0.5, 0.6) is 0 Å². The molecule has 4 rings (SSSR count). The number of carbonyl (C=O) groups excluding carboxylic acids is 3. The smallest absolute Gasteiger partial charge is 0.229 e. The molecule has 6 heteroatoms. The minimum atomic E-state index is -0.355. The number of rotatable bonds is 5. The van der Waals surface area contributed by atoms with Crippen molar-refractivity contribution in [3.63, 3.8) is 0 Å². The first-order valence-electron chi connectivity index (χ1n) is 10.0. The molecule has 2 heterocycles. The average Bonchev–Trinajstić information content (AvgIpc) is 3.29. The summed E-state index contributed by atoms with van der Waals surface area (Å²) in [7, 11) is 0. The lowest BCUT2D eigenvalue weighted by atomic mass is 10.1. The van der Waals surface area contributed by atoms with E-state index in [0.717, 1.165) is 29.8 Å². The van der Waals surface area contributed by atoms with Gasteiger partial charge in [0.05, 0.1) is 5.92 Å². The molecule has 1 N–H and O–H groups in total. The summed E-state index contributed by atoms with van der Waals surface area (Å²) in [5.41, 5.74) is 3.60. The molecule has 0 unspecified atom stereocenters. The molecule has 2 aliphatic rings. The number of likely N-dealkylation sites (tertiary alicyclic amines) is 1. The molecule has 0 saturated carbocycles. The van der Waals surface area contributed by atoms with E-state index >= 15 is 0 Å². The van der Waals surface area contributed by atoms with Gasteiger partial charge in [0.2, 0.25) is 17.7 Å². The molecule has 3 amide bonds. The molecule has 2 aromatic carbocycles. The van der Waals surface area contributed by atoms with Crippen molar-refractivity contribution in [3.05, 3.63) is 59.7 Å². The standard InChI is InChI=1S/C23H25N3O3/c1-16-12-19(9-10-20(16)26-11-5-8-21(26)27)24-23(29)18-13-22(28)25(15-18)14-17-6-3-2-4-7-17/h2-4,6-7,9-10,12,18H,5,8,11,13-15H2,1H3,(H,24,29)/t18-/m0/s1. The predicted molar refractivity (Wildman–Crippen MR) is 111 cm³/mol. The van der Waals surface area contributed by atoms with Gasteiger partial charge in [-0.1, -0.05) is 30.3 Å². The number of anilines is 2. The van der Waals surface area contributed by atoms with Gasteiger partial charge in [-0.25, -0.2) is 0 Å². The fourth-order valence-corrected chi connectivity index (χ4v) is 4.09. The Kier molecular flexibility index (Phi) is 5.34. The van der Waals surface area contributed by atoms with E-state index in [1.165, 1.54) is 0 Å². The SMILES string of the molecule is Cc1cc(NC(=O)[C@H]2CC(=O)N(Cc3ccccc3)C2)ccc1N1CCCC1=O. The number of hydrogen-bond acceptors (Lipinski definition) is 3. The number of carbonyl (C=O) groups is 3. The maximum atomic E-state index is 12.7. The highest BCUT2D eigenvalue weighted by atomic mass is 16.2. The van der Waals surface area contributed by atoms with Crippen LogP contribution in [0, 0.1) is 12.8 Å². The second-order valence-corrected chi connectivity index (χ2v) is 7.80. The topological polar surface area (TPSA) is 69.7 Å². The second-order valence-electron chi connectivity index (χ2n) is 7.80. The Labute approximate surface area is 170 Å². The summed E-state index contributed by atoms with van der Waals surface area (Å²) in [5, 5.41) is 2.94. The summed E-state index contributed by atoms with van der Waals surface area (Å²) >= 11 is 0. The van der Waals surface area contributed by atoms with E-state index in [4.69, 9.17) is 0 Å². The van der Waals surface area contributed by atoms with Gasteiger partial charge in [-0.2, -0.15) is 0 Å². The lowest BCUT2D eigenvalue weighted by Gasteiger charge is -2.19. The number of amides is 3. The van der Waals surface area contributed by atoms with Crippen LogP contribution in [0.4, 0.5) is 11.4 Å². The maximum absolute atomic E-state index is 12.7. The van der Waals surface area contributed by atoms with Crippen molar-refractivity contribution < 1.29 is 14.4 Å². The van der Waals surface area contributed by atoms with Crippen molar-refractivity contribution in [2.75, 3.05) is 23.3 Å². The van der Waals surface area contributed by atoms with Gasteiger partial charge >= 0.3 is 0 Å². The summed E-state index contributed by atoms with van der Waals surface area (Å²) in [4.78, 5) is 40.6. The van der Waals surface area contributed by atoms with Gasteiger partial charge in [0.15, 0.2) is 0 Å². The maximum Gasteiger partial charge on any atom is 0.229 e. The number of hydrogen-bond donors (Lipinski definition) is 1. The zero-order valence-corrected chi connectivity index (χ0v) is 16.6. The number of aryl methyl sites for hydroxylation is 1. The average molecular weight is 391 g/mol. The number of nitrogens with one attached hydrogen (secondary N) is 1. The third kappa shape index (κ3) is 4.16. The molecule has 2 aromatic rings. The van der Waals surface area contributed by atoms with Gasteiger partial charge in [0, 0.05) is 43.9 Å². The Bertz CT molecular complexity index is 942. The van der Waals surface area contributed by atoms with E-state index in [0.29, 0.717) is 25.2 Å². The fraction of sp³-hybridized carbons (Fsp3) is 0.348. The van der Waals surface area contributed by atoms with Gasteiger partial charge in [-0.05, 0) is 42.7 Å². The summed E-state index contributed by atoms with van der Waals surface area (Å²) in [5.74, 6) is -0.342. The summed E-state index contributed by atoms with van der Waals surface area (Å²) < 4.78 is 0. The Balaban J connectivity index is 1.38. The van der Waals surface area contributed by atoms with Crippen LogP contribution in [0.25, 0.3) is 0 Å². The molecule has 29 heavy (non-hydrogen) atoms. The van der Waals surface area contributed by atoms with E-state index in [9.17, 15) is 14.4 Å². The zero-order chi connectivity index (χ0) is 20.4. The lowest BCUT2D eigenvalue weighted by molar-refractivity contribution is -0.128. The third-order valence-electron chi connectivity index (χ3n) is 5.63. The van der Waals surface area contributed by atoms with Crippen molar-refractivity contribution in [1.82, 2.24) is 4.90 Å². The molecule has 1 atom stereocenters. The highest BCUT2D eigenvalue weighted by Gasteiger charge is 2.34. The Morgan fingerprint density at radius 2 is 1.90 bits per heavy atom. The highest BCUT2D eigenvalue weighted by Crippen LogP contribution is 2.28. The Hall–Kier alpha value is -3.15. The number of benzene rings is 2. The van der Waals surface area contributed by atoms with E-state index in [1.54, 1.807) is 9.80 Å². The summed E-state index contributed by atoms with van der Waals surface area (Å²) in [6.07, 6.45) is 1.71. The monoisotopic (exact) mass is 391 g/mol. The zero-order valence-electron chi connectivity index (χ0n) is 16.6. The molecule has 150 valence electrons. The van der Waals surface area contributed by atoms with Gasteiger partial charge in [0.25, 0.3) is 0 Å². The van der Waals surface area contributed by atoms with Crippen LogP contribution in [-0.2, 0) is 20.9 Å². The van der Waals surface area contributed by atoms with Gasteiger partial charge < -0.3 is 15.1 Å². The number of nitrogens with zero attached hydrogens (tertiary/aromatic N) is 2. The van der Waals surface area contributed by atoms with Gasteiger partial charge in [0.1, 0.15) is 0 Å². The van der Waals surface area contributed by atoms with Crippen LogP contribution in [-0.4, -0.2) is 35.7 Å². The molecule has 0 spiro atoms. The Morgan fingerprint density at radius 1 is 1.10 bits per heavy atom. The molecule has 2 fully saturated rings. The first-order chi connectivity index (χ1) is 14.0. The predicted octanol–water partition coefficient (Wildman–Crippen LogP) is 3.11.